The topological polar surface area (TPSA) is 78.9 Å². The van der Waals surface area contributed by atoms with Crippen LogP contribution in [0.1, 0.15) is 245 Å². The summed E-state index contributed by atoms with van der Waals surface area (Å²) >= 11 is 0. The molecule has 0 aromatic carbocycles. The van der Waals surface area contributed by atoms with Crippen LogP contribution in [0.25, 0.3) is 0 Å². The molecule has 0 saturated heterocycles. The van der Waals surface area contributed by atoms with Crippen LogP contribution in [0.2, 0.25) is 0 Å². The summed E-state index contributed by atoms with van der Waals surface area (Å²) < 4.78 is 16.7. The molecule has 0 N–H and O–H groups in total. The van der Waals surface area contributed by atoms with Crippen molar-refractivity contribution in [2.45, 2.75) is 252 Å². The van der Waals surface area contributed by atoms with Gasteiger partial charge in [-0.3, -0.25) is 14.4 Å². The van der Waals surface area contributed by atoms with Crippen molar-refractivity contribution in [3.8, 4) is 0 Å². The largest absolute Gasteiger partial charge is 0.462 e. The standard InChI is InChI=1S/C52H92O6/c1-4-7-10-13-16-19-21-23-25-27-28-30-33-36-39-42-45-51(54)57-48-49(47-56-50(53)44-41-38-35-32-18-15-12-9-6-3)58-52(55)46-43-40-37-34-31-29-26-24-22-20-17-14-11-8-5-2/h8,11,14,17,20,22,24,26,49H,4-7,9-10,12-13,15-16,18-19,21,23,25,27-48H2,1-3H3/b11-8-,17-14-,22-20-,26-24-. The predicted octanol–water partition coefficient (Wildman–Crippen LogP) is 15.9. The van der Waals surface area contributed by atoms with Gasteiger partial charge in [-0.25, -0.2) is 0 Å². The van der Waals surface area contributed by atoms with Gasteiger partial charge in [0.2, 0.25) is 0 Å². The molecule has 0 rings (SSSR count). The van der Waals surface area contributed by atoms with Crippen molar-refractivity contribution in [1.82, 2.24) is 0 Å². The van der Waals surface area contributed by atoms with Crippen molar-refractivity contribution in [2.75, 3.05) is 13.2 Å². The highest BCUT2D eigenvalue weighted by atomic mass is 16.6. The van der Waals surface area contributed by atoms with Crippen molar-refractivity contribution >= 4 is 17.9 Å². The molecular formula is C52H92O6. The smallest absolute Gasteiger partial charge is 0.306 e. The van der Waals surface area contributed by atoms with Gasteiger partial charge < -0.3 is 14.2 Å². The summed E-state index contributed by atoms with van der Waals surface area (Å²) in [6.45, 7) is 6.47. The van der Waals surface area contributed by atoms with Gasteiger partial charge in [0.25, 0.3) is 0 Å². The van der Waals surface area contributed by atoms with Crippen molar-refractivity contribution in [3.05, 3.63) is 48.6 Å². The molecule has 0 bridgehead atoms. The van der Waals surface area contributed by atoms with Gasteiger partial charge >= 0.3 is 17.9 Å². The van der Waals surface area contributed by atoms with E-state index in [4.69, 9.17) is 14.2 Å². The summed E-state index contributed by atoms with van der Waals surface area (Å²) in [4.78, 5) is 37.8. The molecule has 0 aromatic heterocycles. The van der Waals surface area contributed by atoms with Crippen LogP contribution in [0.4, 0.5) is 0 Å². The average Bonchev–Trinajstić information content (AvgIpc) is 3.22. The molecule has 336 valence electrons. The van der Waals surface area contributed by atoms with Gasteiger partial charge in [0.05, 0.1) is 0 Å². The summed E-state index contributed by atoms with van der Waals surface area (Å²) in [7, 11) is 0. The number of hydrogen-bond acceptors (Lipinski definition) is 6. The molecule has 58 heavy (non-hydrogen) atoms. The number of allylic oxidation sites excluding steroid dienone is 8. The predicted molar refractivity (Wildman–Crippen MR) is 247 cm³/mol. The lowest BCUT2D eigenvalue weighted by atomic mass is 10.0. The van der Waals surface area contributed by atoms with Crippen LogP contribution in [-0.2, 0) is 28.6 Å². The molecule has 0 amide bonds. The Bertz CT molecular complexity index is 1030. The van der Waals surface area contributed by atoms with Gasteiger partial charge in [-0.05, 0) is 38.5 Å². The molecule has 6 nitrogen and oxygen atoms in total. The van der Waals surface area contributed by atoms with Gasteiger partial charge in [-0.2, -0.15) is 0 Å². The monoisotopic (exact) mass is 813 g/mol. The molecule has 1 atom stereocenters. The van der Waals surface area contributed by atoms with Crippen molar-refractivity contribution in [2.24, 2.45) is 0 Å². The third-order valence-corrected chi connectivity index (χ3v) is 10.7. The minimum atomic E-state index is -0.779. The van der Waals surface area contributed by atoms with E-state index in [1.165, 1.54) is 122 Å². The van der Waals surface area contributed by atoms with Crippen molar-refractivity contribution in [1.29, 1.82) is 0 Å². The maximum absolute atomic E-state index is 12.7. The molecular weight excluding hydrogens is 721 g/mol. The van der Waals surface area contributed by atoms with Crippen LogP contribution in [0.15, 0.2) is 48.6 Å². The lowest BCUT2D eigenvalue weighted by molar-refractivity contribution is -0.167. The van der Waals surface area contributed by atoms with E-state index in [2.05, 4.69) is 51.2 Å². The molecule has 0 aliphatic carbocycles. The highest BCUT2D eigenvalue weighted by Gasteiger charge is 2.19. The Hall–Kier alpha value is -2.63. The number of rotatable bonds is 44. The van der Waals surface area contributed by atoms with Gasteiger partial charge in [0, 0.05) is 19.3 Å². The van der Waals surface area contributed by atoms with Crippen LogP contribution >= 0.6 is 0 Å². The lowest BCUT2D eigenvalue weighted by Crippen LogP contribution is -2.30. The summed E-state index contributed by atoms with van der Waals surface area (Å²) in [6.07, 6.45) is 55.2. The zero-order chi connectivity index (χ0) is 42.3. The van der Waals surface area contributed by atoms with E-state index < -0.39 is 6.10 Å². The normalized spacial score (nSPS) is 12.4. The highest BCUT2D eigenvalue weighted by molar-refractivity contribution is 5.71. The molecule has 0 fully saturated rings. The van der Waals surface area contributed by atoms with Crippen LogP contribution in [0.5, 0.6) is 0 Å². The molecule has 6 heteroatoms. The minimum absolute atomic E-state index is 0.0797. The van der Waals surface area contributed by atoms with E-state index >= 15 is 0 Å². The number of carbonyl (C=O) groups excluding carboxylic acids is 3. The quantitative estimate of drug-likeness (QED) is 0.0264. The van der Waals surface area contributed by atoms with E-state index in [9.17, 15) is 14.4 Å². The number of carbonyl (C=O) groups is 3. The third-order valence-electron chi connectivity index (χ3n) is 10.7. The molecule has 1 unspecified atom stereocenters. The highest BCUT2D eigenvalue weighted by Crippen LogP contribution is 2.16. The van der Waals surface area contributed by atoms with Crippen LogP contribution < -0.4 is 0 Å². The lowest BCUT2D eigenvalue weighted by Gasteiger charge is -2.18. The van der Waals surface area contributed by atoms with E-state index in [-0.39, 0.29) is 31.1 Å². The molecule has 0 radical (unpaired) electrons. The van der Waals surface area contributed by atoms with E-state index in [0.29, 0.717) is 19.3 Å². The van der Waals surface area contributed by atoms with Crippen LogP contribution in [0.3, 0.4) is 0 Å². The fourth-order valence-corrected chi connectivity index (χ4v) is 6.98. The second kappa shape index (κ2) is 47.1. The first-order valence-corrected chi connectivity index (χ1v) is 24.7. The average molecular weight is 813 g/mol. The van der Waals surface area contributed by atoms with Gasteiger partial charge in [-0.15, -0.1) is 0 Å². The Morgan fingerprint density at radius 1 is 0.362 bits per heavy atom. The summed E-state index contributed by atoms with van der Waals surface area (Å²) in [6, 6.07) is 0. The first kappa shape index (κ1) is 55.4. The maximum atomic E-state index is 12.7. The van der Waals surface area contributed by atoms with Gasteiger partial charge in [0.15, 0.2) is 6.10 Å². The SMILES string of the molecule is CC\C=C/C=C\C=C/C=C\CCCCCCCC(=O)OC(COC(=O)CCCCCCCCCCC)COC(=O)CCCCCCCCCCCCCCCCCC. The summed E-state index contributed by atoms with van der Waals surface area (Å²) in [5.41, 5.74) is 0. The second-order valence-electron chi connectivity index (χ2n) is 16.5. The second-order valence-corrected chi connectivity index (χ2v) is 16.5. The van der Waals surface area contributed by atoms with Gasteiger partial charge in [0.1, 0.15) is 13.2 Å². The molecule has 0 aliphatic heterocycles. The molecule has 0 saturated carbocycles. The van der Waals surface area contributed by atoms with E-state index in [0.717, 1.165) is 83.5 Å². The zero-order valence-electron chi connectivity index (χ0n) is 38.3. The van der Waals surface area contributed by atoms with Crippen molar-refractivity contribution < 1.29 is 28.6 Å². The Labute approximate surface area is 358 Å². The molecule has 0 aliphatic rings. The minimum Gasteiger partial charge on any atom is -0.462 e. The number of esters is 3. The number of unbranched alkanes of at least 4 members (excludes halogenated alkanes) is 28. The zero-order valence-corrected chi connectivity index (χ0v) is 38.3. The molecule has 0 spiro atoms. The Morgan fingerprint density at radius 2 is 0.672 bits per heavy atom. The van der Waals surface area contributed by atoms with E-state index in [1.54, 1.807) is 0 Å². The first-order valence-electron chi connectivity index (χ1n) is 24.7. The fourth-order valence-electron chi connectivity index (χ4n) is 6.98. The summed E-state index contributed by atoms with van der Waals surface area (Å²) in [5.74, 6) is -0.899. The Kier molecular flexibility index (Phi) is 44.9. The third kappa shape index (κ3) is 44.5. The Morgan fingerprint density at radius 3 is 1.05 bits per heavy atom. The molecule has 0 aromatic rings. The number of hydrogen-bond donors (Lipinski definition) is 0. The van der Waals surface area contributed by atoms with Crippen LogP contribution in [-0.4, -0.2) is 37.2 Å². The molecule has 0 heterocycles. The van der Waals surface area contributed by atoms with Crippen LogP contribution in [0, 0.1) is 0 Å². The van der Waals surface area contributed by atoms with E-state index in [1.807, 2.05) is 18.2 Å². The first-order chi connectivity index (χ1) is 28.5. The summed E-state index contributed by atoms with van der Waals surface area (Å²) in [5, 5.41) is 0. The number of ether oxygens (including phenoxy) is 3. The fraction of sp³-hybridized carbons (Fsp3) is 0.788. The van der Waals surface area contributed by atoms with Crippen molar-refractivity contribution in [3.63, 3.8) is 0 Å². The Balaban J connectivity index is 4.35. The maximum Gasteiger partial charge on any atom is 0.306 e. The van der Waals surface area contributed by atoms with Gasteiger partial charge in [-0.1, -0.05) is 236 Å².